The van der Waals surface area contributed by atoms with E-state index in [9.17, 15) is 4.79 Å². The van der Waals surface area contributed by atoms with Crippen LogP contribution in [-0.2, 0) is 12.8 Å². The fourth-order valence-corrected chi connectivity index (χ4v) is 3.32. The zero-order chi connectivity index (χ0) is 11.8. The summed E-state index contributed by atoms with van der Waals surface area (Å²) in [4.78, 5) is 12.4. The van der Waals surface area contributed by atoms with Crippen LogP contribution in [0.3, 0.4) is 0 Å². The fraction of sp³-hybridized carbons (Fsp3) is 0.533. The first-order valence-electron chi connectivity index (χ1n) is 6.72. The molecule has 1 aromatic carbocycles. The number of benzene rings is 1. The molecule has 2 heteroatoms. The van der Waals surface area contributed by atoms with Crippen molar-refractivity contribution in [3.8, 4) is 0 Å². The molecule has 3 rings (SSSR count). The van der Waals surface area contributed by atoms with Crippen LogP contribution in [0.5, 0.6) is 0 Å². The van der Waals surface area contributed by atoms with Crippen molar-refractivity contribution in [2.24, 2.45) is 5.92 Å². The van der Waals surface area contributed by atoms with Crippen LogP contribution in [0.2, 0.25) is 0 Å². The van der Waals surface area contributed by atoms with Crippen molar-refractivity contribution >= 4 is 11.5 Å². The highest BCUT2D eigenvalue weighted by Gasteiger charge is 2.27. The Hall–Kier alpha value is -1.31. The number of rotatable bonds is 2. The lowest BCUT2D eigenvalue weighted by Crippen LogP contribution is -2.14. The highest BCUT2D eigenvalue weighted by Crippen LogP contribution is 2.34. The van der Waals surface area contributed by atoms with E-state index >= 15 is 0 Å². The molecule has 0 bridgehead atoms. The molecule has 1 aromatic rings. The van der Waals surface area contributed by atoms with Gasteiger partial charge in [0.15, 0.2) is 5.78 Å². The third-order valence-electron chi connectivity index (χ3n) is 4.32. The molecule has 2 aliphatic carbocycles. The number of hydrogen-bond donors (Lipinski definition) is 1. The van der Waals surface area contributed by atoms with E-state index in [-0.39, 0.29) is 11.7 Å². The SMILES string of the molecule is Nc1c(C(=O)C2CCCC2)ccc2c1CCC2. The Morgan fingerprint density at radius 3 is 2.65 bits per heavy atom. The fourth-order valence-electron chi connectivity index (χ4n) is 3.32. The average Bonchev–Trinajstić information content (AvgIpc) is 3.00. The summed E-state index contributed by atoms with van der Waals surface area (Å²) in [5, 5.41) is 0. The van der Waals surface area contributed by atoms with Gasteiger partial charge in [-0.1, -0.05) is 18.9 Å². The molecule has 0 unspecified atom stereocenters. The van der Waals surface area contributed by atoms with Crippen molar-refractivity contribution in [3.05, 3.63) is 28.8 Å². The maximum absolute atomic E-state index is 12.4. The quantitative estimate of drug-likeness (QED) is 0.625. The lowest BCUT2D eigenvalue weighted by atomic mass is 9.92. The molecule has 0 heterocycles. The molecule has 90 valence electrons. The van der Waals surface area contributed by atoms with Gasteiger partial charge in [0.2, 0.25) is 0 Å². The number of anilines is 1. The summed E-state index contributed by atoms with van der Waals surface area (Å²) in [7, 11) is 0. The lowest BCUT2D eigenvalue weighted by molar-refractivity contribution is 0.0923. The molecule has 1 saturated carbocycles. The molecule has 0 radical (unpaired) electrons. The van der Waals surface area contributed by atoms with Crippen LogP contribution in [0, 0.1) is 5.92 Å². The topological polar surface area (TPSA) is 43.1 Å². The minimum absolute atomic E-state index is 0.233. The normalized spacial score (nSPS) is 19.5. The summed E-state index contributed by atoms with van der Waals surface area (Å²) in [6, 6.07) is 4.07. The zero-order valence-corrected chi connectivity index (χ0v) is 10.2. The molecule has 1 fully saturated rings. The van der Waals surface area contributed by atoms with Gasteiger partial charge in [0.1, 0.15) is 0 Å². The Morgan fingerprint density at radius 1 is 1.12 bits per heavy atom. The van der Waals surface area contributed by atoms with Crippen LogP contribution < -0.4 is 5.73 Å². The number of fused-ring (bicyclic) bond motifs is 1. The third-order valence-corrected chi connectivity index (χ3v) is 4.32. The van der Waals surface area contributed by atoms with Crippen molar-refractivity contribution < 1.29 is 4.79 Å². The van der Waals surface area contributed by atoms with Crippen molar-refractivity contribution in [2.75, 3.05) is 5.73 Å². The van der Waals surface area contributed by atoms with Crippen molar-refractivity contribution in [1.82, 2.24) is 0 Å². The molecule has 0 amide bonds. The maximum atomic E-state index is 12.4. The van der Waals surface area contributed by atoms with Crippen LogP contribution in [0.1, 0.15) is 53.6 Å². The molecule has 2 aliphatic rings. The van der Waals surface area contributed by atoms with Gasteiger partial charge < -0.3 is 5.73 Å². The molecule has 0 saturated heterocycles. The standard InChI is InChI=1S/C15H19NO/c16-14-12-7-3-6-10(12)8-9-13(14)15(17)11-4-1-2-5-11/h8-9,11H,1-7,16H2. The largest absolute Gasteiger partial charge is 0.398 e. The van der Waals surface area contributed by atoms with Gasteiger partial charge in [-0.05, 0) is 49.3 Å². The average molecular weight is 229 g/mol. The Kier molecular flexibility index (Phi) is 2.65. The number of Topliss-reactive ketones (excluding diaryl/α,β-unsaturated/α-hetero) is 1. The second-order valence-corrected chi connectivity index (χ2v) is 5.36. The zero-order valence-electron chi connectivity index (χ0n) is 10.2. The summed E-state index contributed by atoms with van der Waals surface area (Å²) in [6.45, 7) is 0. The summed E-state index contributed by atoms with van der Waals surface area (Å²) in [5.74, 6) is 0.520. The molecule has 2 nitrogen and oxygen atoms in total. The highest BCUT2D eigenvalue weighted by atomic mass is 16.1. The number of nitrogen functional groups attached to an aromatic ring is 1. The summed E-state index contributed by atoms with van der Waals surface area (Å²) in [5.41, 5.74) is 10.3. The van der Waals surface area contributed by atoms with Gasteiger partial charge in [0.25, 0.3) is 0 Å². The van der Waals surface area contributed by atoms with E-state index in [1.165, 1.54) is 30.4 Å². The first kappa shape index (κ1) is 10.8. The molecule has 2 N–H and O–H groups in total. The number of hydrogen-bond acceptors (Lipinski definition) is 2. The van der Waals surface area contributed by atoms with E-state index in [0.29, 0.717) is 0 Å². The number of carbonyl (C=O) groups is 1. The van der Waals surface area contributed by atoms with Crippen LogP contribution in [-0.4, -0.2) is 5.78 Å². The van der Waals surface area contributed by atoms with Gasteiger partial charge in [0, 0.05) is 17.2 Å². The molecular formula is C15H19NO. The molecule has 0 atom stereocenters. The number of aryl methyl sites for hydroxylation is 1. The van der Waals surface area contributed by atoms with Crippen molar-refractivity contribution in [2.45, 2.75) is 44.9 Å². The minimum Gasteiger partial charge on any atom is -0.398 e. The van der Waals surface area contributed by atoms with E-state index in [4.69, 9.17) is 5.73 Å². The summed E-state index contributed by atoms with van der Waals surface area (Å²) in [6.07, 6.45) is 7.85. The Bertz CT molecular complexity index is 458. The number of ketones is 1. The second-order valence-electron chi connectivity index (χ2n) is 5.36. The minimum atomic E-state index is 0.233. The van der Waals surface area contributed by atoms with Gasteiger partial charge in [-0.2, -0.15) is 0 Å². The van der Waals surface area contributed by atoms with Gasteiger partial charge >= 0.3 is 0 Å². The monoisotopic (exact) mass is 229 g/mol. The van der Waals surface area contributed by atoms with E-state index < -0.39 is 0 Å². The highest BCUT2D eigenvalue weighted by molar-refractivity contribution is 6.03. The first-order chi connectivity index (χ1) is 8.27. The molecule has 0 aromatic heterocycles. The van der Waals surface area contributed by atoms with Crippen LogP contribution in [0.4, 0.5) is 5.69 Å². The van der Waals surface area contributed by atoms with Gasteiger partial charge in [-0.25, -0.2) is 0 Å². The molecule has 17 heavy (non-hydrogen) atoms. The first-order valence-corrected chi connectivity index (χ1v) is 6.72. The molecule has 0 spiro atoms. The van der Waals surface area contributed by atoms with E-state index in [1.807, 2.05) is 6.07 Å². The Labute approximate surface area is 102 Å². The van der Waals surface area contributed by atoms with Crippen LogP contribution >= 0.6 is 0 Å². The van der Waals surface area contributed by atoms with Gasteiger partial charge in [-0.15, -0.1) is 0 Å². The predicted molar refractivity (Wildman–Crippen MR) is 69.2 cm³/mol. The summed E-state index contributed by atoms with van der Waals surface area (Å²) < 4.78 is 0. The third kappa shape index (κ3) is 1.76. The van der Waals surface area contributed by atoms with Gasteiger partial charge in [0.05, 0.1) is 0 Å². The van der Waals surface area contributed by atoms with E-state index in [1.54, 1.807) is 0 Å². The lowest BCUT2D eigenvalue weighted by Gasteiger charge is -2.13. The Morgan fingerprint density at radius 2 is 1.88 bits per heavy atom. The maximum Gasteiger partial charge on any atom is 0.168 e. The van der Waals surface area contributed by atoms with Crippen molar-refractivity contribution in [1.29, 1.82) is 0 Å². The van der Waals surface area contributed by atoms with Crippen LogP contribution in [0.25, 0.3) is 0 Å². The second kappa shape index (κ2) is 4.17. The smallest absolute Gasteiger partial charge is 0.168 e. The number of carbonyl (C=O) groups excluding carboxylic acids is 1. The molecule has 0 aliphatic heterocycles. The predicted octanol–water partition coefficient (Wildman–Crippen LogP) is 3.13. The van der Waals surface area contributed by atoms with Crippen LogP contribution in [0.15, 0.2) is 12.1 Å². The van der Waals surface area contributed by atoms with Gasteiger partial charge in [-0.3, -0.25) is 4.79 Å². The summed E-state index contributed by atoms with van der Waals surface area (Å²) >= 11 is 0. The van der Waals surface area contributed by atoms with Crippen molar-refractivity contribution in [3.63, 3.8) is 0 Å². The van der Waals surface area contributed by atoms with E-state index in [2.05, 4.69) is 6.07 Å². The number of nitrogens with two attached hydrogens (primary N) is 1. The molecular weight excluding hydrogens is 210 g/mol. The van der Waals surface area contributed by atoms with E-state index in [0.717, 1.165) is 36.9 Å². The Balaban J connectivity index is 1.95.